The van der Waals surface area contributed by atoms with Gasteiger partial charge in [-0.3, -0.25) is 9.59 Å². The molecule has 0 spiro atoms. The molecule has 1 aliphatic heterocycles. The number of hydrogen-bond donors (Lipinski definition) is 1. The van der Waals surface area contributed by atoms with E-state index in [1.54, 1.807) is 24.3 Å². The highest BCUT2D eigenvalue weighted by molar-refractivity contribution is 7.11. The van der Waals surface area contributed by atoms with Crippen LogP contribution in [0.5, 0.6) is 0 Å². The summed E-state index contributed by atoms with van der Waals surface area (Å²) in [6, 6.07) is 16.2. The zero-order chi connectivity index (χ0) is 19.8. The van der Waals surface area contributed by atoms with Gasteiger partial charge in [-0.1, -0.05) is 23.7 Å². The fourth-order valence-electron chi connectivity index (χ4n) is 3.08. The number of hydrogen-bond acceptors (Lipinski definition) is 4. The summed E-state index contributed by atoms with van der Waals surface area (Å²) in [5.74, 6) is -0.727. The van der Waals surface area contributed by atoms with E-state index in [0.717, 1.165) is 21.7 Å². The molecule has 0 radical (unpaired) electrons. The third kappa shape index (κ3) is 3.23. The molecule has 0 saturated heterocycles. The minimum atomic E-state index is -0.381. The van der Waals surface area contributed by atoms with Crippen LogP contribution in [0.15, 0.2) is 65.7 Å². The molecule has 4 rings (SSSR count). The highest BCUT2D eigenvalue weighted by Crippen LogP contribution is 2.36. The highest BCUT2D eigenvalue weighted by Gasteiger charge is 2.40. The first-order valence-electron chi connectivity index (χ1n) is 8.72. The van der Waals surface area contributed by atoms with E-state index in [1.165, 1.54) is 16.2 Å². The van der Waals surface area contributed by atoms with Crippen molar-refractivity contribution >= 4 is 51.7 Å². The molecule has 1 aromatic heterocycles. The lowest BCUT2D eigenvalue weighted by Crippen LogP contribution is -2.32. The van der Waals surface area contributed by atoms with Gasteiger partial charge in [0.2, 0.25) is 0 Å². The van der Waals surface area contributed by atoms with Crippen molar-refractivity contribution in [3.8, 4) is 0 Å². The molecule has 1 aliphatic rings. The van der Waals surface area contributed by atoms with Gasteiger partial charge >= 0.3 is 0 Å². The molecule has 0 atom stereocenters. The fraction of sp³-hybridized carbons (Fsp3) is 0.0909. The minimum absolute atomic E-state index is 0.283. The summed E-state index contributed by atoms with van der Waals surface area (Å²) in [6.45, 7) is 4.04. The minimum Gasteiger partial charge on any atom is -0.350 e. The number of nitrogens with zero attached hydrogens (tertiary/aromatic N) is 1. The van der Waals surface area contributed by atoms with E-state index in [4.69, 9.17) is 11.6 Å². The number of thiophene rings is 1. The van der Waals surface area contributed by atoms with E-state index in [9.17, 15) is 9.59 Å². The smallest absolute Gasteiger partial charge is 0.282 e. The van der Waals surface area contributed by atoms with Crippen LogP contribution in [-0.2, 0) is 9.59 Å². The van der Waals surface area contributed by atoms with Gasteiger partial charge in [0.15, 0.2) is 0 Å². The number of rotatable bonds is 4. The molecule has 6 heteroatoms. The summed E-state index contributed by atoms with van der Waals surface area (Å²) in [7, 11) is 0. The standard InChI is InChI=1S/C22H17ClN2O2S/c1-13-5-8-16(12-14(13)2)24-20-19(18-4-3-11-28-18)21(26)25(22(20)27)17-9-6-15(23)7-10-17/h3-12,24H,1-2H3. The second-order valence-corrected chi connectivity index (χ2v) is 7.96. The molecule has 4 nitrogen and oxygen atoms in total. The summed E-state index contributed by atoms with van der Waals surface area (Å²) < 4.78 is 0. The maximum Gasteiger partial charge on any atom is 0.282 e. The summed E-state index contributed by atoms with van der Waals surface area (Å²) in [6.07, 6.45) is 0. The molecule has 0 fully saturated rings. The summed E-state index contributed by atoms with van der Waals surface area (Å²) in [5, 5.41) is 5.62. The molecule has 3 aromatic rings. The Morgan fingerprint density at radius 2 is 1.68 bits per heavy atom. The number of halogens is 1. The molecule has 28 heavy (non-hydrogen) atoms. The van der Waals surface area contributed by atoms with Gasteiger partial charge in [0.1, 0.15) is 5.70 Å². The van der Waals surface area contributed by atoms with Gasteiger partial charge in [0.25, 0.3) is 11.8 Å². The van der Waals surface area contributed by atoms with Crippen LogP contribution in [0.3, 0.4) is 0 Å². The van der Waals surface area contributed by atoms with Crippen LogP contribution >= 0.6 is 22.9 Å². The molecule has 2 heterocycles. The number of imide groups is 1. The molecule has 2 aromatic carbocycles. The average Bonchev–Trinajstić information content (AvgIpc) is 3.27. The Morgan fingerprint density at radius 1 is 0.929 bits per heavy atom. The average molecular weight is 409 g/mol. The third-order valence-electron chi connectivity index (χ3n) is 4.71. The van der Waals surface area contributed by atoms with Crippen molar-refractivity contribution in [2.24, 2.45) is 0 Å². The summed E-state index contributed by atoms with van der Waals surface area (Å²) in [4.78, 5) is 28.4. The first-order chi connectivity index (χ1) is 13.5. The van der Waals surface area contributed by atoms with Gasteiger partial charge < -0.3 is 5.32 Å². The molecule has 1 N–H and O–H groups in total. The number of amides is 2. The van der Waals surface area contributed by atoms with Crippen LogP contribution in [-0.4, -0.2) is 11.8 Å². The van der Waals surface area contributed by atoms with Crippen molar-refractivity contribution in [3.05, 3.63) is 86.7 Å². The van der Waals surface area contributed by atoms with E-state index in [-0.39, 0.29) is 17.5 Å². The number of carbonyl (C=O) groups is 2. The Morgan fingerprint density at radius 3 is 2.32 bits per heavy atom. The largest absolute Gasteiger partial charge is 0.350 e. The summed E-state index contributed by atoms with van der Waals surface area (Å²) in [5.41, 5.74) is 4.19. The first-order valence-corrected chi connectivity index (χ1v) is 9.98. The lowest BCUT2D eigenvalue weighted by atomic mass is 10.1. The van der Waals surface area contributed by atoms with Crippen molar-refractivity contribution < 1.29 is 9.59 Å². The van der Waals surface area contributed by atoms with Crippen LogP contribution in [0.2, 0.25) is 5.02 Å². The van der Waals surface area contributed by atoms with Gasteiger partial charge in [-0.25, -0.2) is 4.90 Å². The van der Waals surface area contributed by atoms with Gasteiger partial charge in [-0.2, -0.15) is 0 Å². The monoisotopic (exact) mass is 408 g/mol. The molecule has 0 saturated carbocycles. The van der Waals surface area contributed by atoms with Crippen LogP contribution in [0.25, 0.3) is 5.57 Å². The quantitative estimate of drug-likeness (QED) is 0.587. The lowest BCUT2D eigenvalue weighted by Gasteiger charge is -2.15. The van der Waals surface area contributed by atoms with Crippen molar-refractivity contribution in [3.63, 3.8) is 0 Å². The van der Waals surface area contributed by atoms with Crippen LogP contribution in [0.1, 0.15) is 16.0 Å². The topological polar surface area (TPSA) is 49.4 Å². The van der Waals surface area contributed by atoms with E-state index < -0.39 is 0 Å². The van der Waals surface area contributed by atoms with Crippen LogP contribution < -0.4 is 10.2 Å². The number of nitrogens with one attached hydrogen (secondary N) is 1. The van der Waals surface area contributed by atoms with Gasteiger partial charge in [-0.15, -0.1) is 11.3 Å². The molecular weight excluding hydrogens is 392 g/mol. The van der Waals surface area contributed by atoms with Gasteiger partial charge in [-0.05, 0) is 72.8 Å². The second kappa shape index (κ2) is 7.26. The fourth-order valence-corrected chi connectivity index (χ4v) is 3.98. The van der Waals surface area contributed by atoms with E-state index >= 15 is 0 Å². The Bertz CT molecular complexity index is 1100. The van der Waals surface area contributed by atoms with Gasteiger partial charge in [0, 0.05) is 15.6 Å². The molecular formula is C22H17ClN2O2S. The molecule has 2 amide bonds. The highest BCUT2D eigenvalue weighted by atomic mass is 35.5. The number of anilines is 2. The van der Waals surface area contributed by atoms with E-state index in [1.807, 2.05) is 49.6 Å². The van der Waals surface area contributed by atoms with Crippen LogP contribution in [0, 0.1) is 13.8 Å². The van der Waals surface area contributed by atoms with Gasteiger partial charge in [0.05, 0.1) is 11.3 Å². The third-order valence-corrected chi connectivity index (χ3v) is 5.85. The Hall–Kier alpha value is -2.89. The Balaban J connectivity index is 1.79. The van der Waals surface area contributed by atoms with E-state index in [2.05, 4.69) is 5.32 Å². The zero-order valence-electron chi connectivity index (χ0n) is 15.3. The van der Waals surface area contributed by atoms with Crippen molar-refractivity contribution in [1.82, 2.24) is 0 Å². The SMILES string of the molecule is Cc1ccc(NC2=C(c3cccs3)C(=O)N(c3ccc(Cl)cc3)C2=O)cc1C. The summed E-state index contributed by atoms with van der Waals surface area (Å²) >= 11 is 7.38. The van der Waals surface area contributed by atoms with Crippen LogP contribution in [0.4, 0.5) is 11.4 Å². The predicted octanol–water partition coefficient (Wildman–Crippen LogP) is 5.41. The molecule has 0 aliphatic carbocycles. The van der Waals surface area contributed by atoms with E-state index in [0.29, 0.717) is 16.3 Å². The predicted molar refractivity (Wildman–Crippen MR) is 115 cm³/mol. The normalized spacial score (nSPS) is 14.2. The number of benzene rings is 2. The molecule has 0 unspecified atom stereocenters. The lowest BCUT2D eigenvalue weighted by molar-refractivity contribution is -0.120. The molecule has 0 bridgehead atoms. The number of aryl methyl sites for hydroxylation is 2. The van der Waals surface area contributed by atoms with Crippen molar-refractivity contribution in [2.75, 3.05) is 10.2 Å². The second-order valence-electron chi connectivity index (χ2n) is 6.57. The first kappa shape index (κ1) is 18.5. The molecule has 140 valence electrons. The number of carbonyl (C=O) groups excluding carboxylic acids is 2. The Kier molecular flexibility index (Phi) is 4.79. The Labute approximate surface area is 172 Å². The maximum atomic E-state index is 13.2. The maximum absolute atomic E-state index is 13.2. The van der Waals surface area contributed by atoms with Crippen molar-refractivity contribution in [1.29, 1.82) is 0 Å². The van der Waals surface area contributed by atoms with Crippen molar-refractivity contribution in [2.45, 2.75) is 13.8 Å². The zero-order valence-corrected chi connectivity index (χ0v) is 16.9.